The van der Waals surface area contributed by atoms with Crippen molar-refractivity contribution in [2.45, 2.75) is 25.4 Å². The van der Waals surface area contributed by atoms with E-state index < -0.39 is 0 Å². The molecule has 0 aromatic carbocycles. The van der Waals surface area contributed by atoms with Crippen molar-refractivity contribution in [2.75, 3.05) is 20.6 Å². The smallest absolute Gasteiger partial charge is 0.273 e. The molecule has 0 saturated carbocycles. The van der Waals surface area contributed by atoms with E-state index in [0.29, 0.717) is 5.69 Å². The molecule has 116 valence electrons. The van der Waals surface area contributed by atoms with Crippen molar-refractivity contribution >= 4 is 17.2 Å². The van der Waals surface area contributed by atoms with Gasteiger partial charge < -0.3 is 9.80 Å². The fourth-order valence-electron chi connectivity index (χ4n) is 2.77. The normalized spacial score (nSPS) is 18.1. The van der Waals surface area contributed by atoms with E-state index in [4.69, 9.17) is 4.98 Å². The van der Waals surface area contributed by atoms with E-state index in [2.05, 4.69) is 14.9 Å². The quantitative estimate of drug-likeness (QED) is 0.863. The number of carbonyl (C=O) groups is 1. The van der Waals surface area contributed by atoms with Gasteiger partial charge in [0.15, 0.2) is 0 Å². The van der Waals surface area contributed by atoms with Crippen LogP contribution in [0, 0.1) is 0 Å². The lowest BCUT2D eigenvalue weighted by molar-refractivity contribution is 0.0727. The largest absolute Gasteiger partial charge is 0.329 e. The highest BCUT2D eigenvalue weighted by atomic mass is 32.1. The number of aromatic nitrogens is 3. The van der Waals surface area contributed by atoms with Crippen molar-refractivity contribution in [3.05, 3.63) is 40.4 Å². The van der Waals surface area contributed by atoms with Crippen molar-refractivity contribution in [3.63, 3.8) is 0 Å². The molecule has 1 atom stereocenters. The zero-order valence-corrected chi connectivity index (χ0v) is 13.6. The number of carbonyl (C=O) groups excluding carboxylic acids is 1. The van der Waals surface area contributed by atoms with Crippen LogP contribution in [0.15, 0.2) is 23.3 Å². The second-order valence-corrected chi connectivity index (χ2v) is 6.42. The third-order valence-corrected chi connectivity index (χ3v) is 4.27. The molecular weight excluding hydrogens is 298 g/mol. The maximum absolute atomic E-state index is 12.6. The van der Waals surface area contributed by atoms with Gasteiger partial charge in [-0.1, -0.05) is 0 Å². The van der Waals surface area contributed by atoms with Crippen molar-refractivity contribution in [1.29, 1.82) is 0 Å². The molecule has 2 aromatic rings. The van der Waals surface area contributed by atoms with Gasteiger partial charge in [0.05, 0.1) is 29.1 Å². The Morgan fingerprint density at radius 1 is 1.45 bits per heavy atom. The van der Waals surface area contributed by atoms with Crippen LogP contribution in [0.25, 0.3) is 0 Å². The Kier molecular flexibility index (Phi) is 4.44. The number of nitrogens with zero attached hydrogens (tertiary/aromatic N) is 5. The van der Waals surface area contributed by atoms with E-state index in [0.717, 1.165) is 37.3 Å². The third-order valence-electron chi connectivity index (χ3n) is 3.69. The summed E-state index contributed by atoms with van der Waals surface area (Å²) in [6, 6.07) is 0.00353. The predicted octanol–water partition coefficient (Wildman–Crippen LogP) is 1.97. The number of hydrogen-bond donors (Lipinski definition) is 0. The molecule has 7 heteroatoms. The van der Waals surface area contributed by atoms with Crippen LogP contribution in [0.5, 0.6) is 0 Å². The molecule has 6 nitrogen and oxygen atoms in total. The van der Waals surface area contributed by atoms with Crippen LogP contribution in [0.1, 0.15) is 40.8 Å². The van der Waals surface area contributed by atoms with Crippen LogP contribution < -0.4 is 0 Å². The molecule has 1 aliphatic rings. The molecule has 1 fully saturated rings. The first-order valence-electron chi connectivity index (χ1n) is 7.30. The fourth-order valence-corrected chi connectivity index (χ4v) is 3.29. The van der Waals surface area contributed by atoms with Gasteiger partial charge in [0.25, 0.3) is 5.91 Å². The van der Waals surface area contributed by atoms with E-state index in [1.807, 2.05) is 19.0 Å². The molecule has 3 rings (SSSR count). The summed E-state index contributed by atoms with van der Waals surface area (Å²) in [5, 5.41) is 1.80. The van der Waals surface area contributed by atoms with Crippen molar-refractivity contribution in [1.82, 2.24) is 24.8 Å². The minimum Gasteiger partial charge on any atom is -0.329 e. The minimum atomic E-state index is -0.0106. The summed E-state index contributed by atoms with van der Waals surface area (Å²) >= 11 is 1.44. The maximum atomic E-state index is 12.6. The third kappa shape index (κ3) is 3.15. The predicted molar refractivity (Wildman–Crippen MR) is 84.5 cm³/mol. The van der Waals surface area contributed by atoms with E-state index in [-0.39, 0.29) is 11.9 Å². The van der Waals surface area contributed by atoms with E-state index in [1.54, 1.807) is 23.3 Å². The molecule has 1 aliphatic heterocycles. The number of likely N-dealkylation sites (tertiary alicyclic amines) is 1. The maximum Gasteiger partial charge on any atom is 0.273 e. The molecule has 0 spiro atoms. The fraction of sp³-hybridized carbons (Fsp3) is 0.467. The van der Waals surface area contributed by atoms with Crippen LogP contribution in [-0.2, 0) is 6.54 Å². The summed E-state index contributed by atoms with van der Waals surface area (Å²) in [6.45, 7) is 1.49. The highest BCUT2D eigenvalue weighted by Gasteiger charge is 2.32. The van der Waals surface area contributed by atoms with Gasteiger partial charge in [0.2, 0.25) is 0 Å². The molecule has 22 heavy (non-hydrogen) atoms. The summed E-state index contributed by atoms with van der Waals surface area (Å²) in [7, 11) is 4.00. The molecule has 3 heterocycles. The topological polar surface area (TPSA) is 62.2 Å². The summed E-state index contributed by atoms with van der Waals surface area (Å²) in [6.07, 6.45) is 5.47. The Bertz CT molecular complexity index is 643. The lowest BCUT2D eigenvalue weighted by Crippen LogP contribution is -2.31. The van der Waals surface area contributed by atoms with Gasteiger partial charge in [0, 0.05) is 24.7 Å². The molecule has 1 amide bonds. The number of rotatable bonds is 4. The number of amides is 1. The zero-order chi connectivity index (χ0) is 15.5. The van der Waals surface area contributed by atoms with Crippen molar-refractivity contribution in [2.24, 2.45) is 0 Å². The molecule has 0 aliphatic carbocycles. The van der Waals surface area contributed by atoms with Crippen LogP contribution >= 0.6 is 11.3 Å². The zero-order valence-electron chi connectivity index (χ0n) is 12.8. The van der Waals surface area contributed by atoms with Crippen LogP contribution in [0.3, 0.4) is 0 Å². The second kappa shape index (κ2) is 6.50. The lowest BCUT2D eigenvalue weighted by atomic mass is 10.1. The lowest BCUT2D eigenvalue weighted by Gasteiger charge is -2.23. The van der Waals surface area contributed by atoms with Gasteiger partial charge in [-0.3, -0.25) is 14.8 Å². The molecule has 0 radical (unpaired) electrons. The van der Waals surface area contributed by atoms with Gasteiger partial charge in [-0.15, -0.1) is 11.3 Å². The average Bonchev–Trinajstić information content (AvgIpc) is 3.18. The van der Waals surface area contributed by atoms with Gasteiger partial charge >= 0.3 is 0 Å². The van der Waals surface area contributed by atoms with Crippen LogP contribution in [0.2, 0.25) is 0 Å². The molecule has 0 unspecified atom stereocenters. The highest BCUT2D eigenvalue weighted by molar-refractivity contribution is 7.07. The Hall–Kier alpha value is -1.86. The van der Waals surface area contributed by atoms with E-state index in [9.17, 15) is 4.79 Å². The second-order valence-electron chi connectivity index (χ2n) is 5.70. The minimum absolute atomic E-state index is 0.00353. The summed E-state index contributed by atoms with van der Waals surface area (Å²) in [5.41, 5.74) is 4.01. The van der Waals surface area contributed by atoms with Gasteiger partial charge in [-0.25, -0.2) is 4.98 Å². The molecule has 0 N–H and O–H groups in total. The SMILES string of the molecule is CN(C)Cc1cncc([C@H]2CCCN2C(=O)c2cscn2)n1. The first-order valence-corrected chi connectivity index (χ1v) is 8.24. The molecule has 0 bridgehead atoms. The van der Waals surface area contributed by atoms with Crippen molar-refractivity contribution in [3.8, 4) is 0 Å². The first kappa shape index (κ1) is 15.1. The Morgan fingerprint density at radius 2 is 2.32 bits per heavy atom. The number of hydrogen-bond acceptors (Lipinski definition) is 6. The Labute approximate surface area is 133 Å². The first-order chi connectivity index (χ1) is 10.6. The monoisotopic (exact) mass is 317 g/mol. The highest BCUT2D eigenvalue weighted by Crippen LogP contribution is 2.31. The van der Waals surface area contributed by atoms with Gasteiger partial charge in [-0.2, -0.15) is 0 Å². The van der Waals surface area contributed by atoms with Gasteiger partial charge in [0.1, 0.15) is 5.69 Å². The van der Waals surface area contributed by atoms with E-state index in [1.165, 1.54) is 11.3 Å². The summed E-state index contributed by atoms with van der Waals surface area (Å²) < 4.78 is 0. The van der Waals surface area contributed by atoms with Gasteiger partial charge in [-0.05, 0) is 26.9 Å². The Balaban J connectivity index is 1.82. The van der Waals surface area contributed by atoms with Crippen molar-refractivity contribution < 1.29 is 4.79 Å². The molecule has 1 saturated heterocycles. The standard InChI is InChI=1S/C15H19N5OS/c1-19(2)8-11-6-16-7-12(18-11)14-4-3-5-20(14)15(21)13-9-22-10-17-13/h6-7,9-10,14H,3-5,8H2,1-2H3/t14-/m1/s1. The van der Waals surface area contributed by atoms with Crippen LogP contribution in [-0.4, -0.2) is 51.3 Å². The van der Waals surface area contributed by atoms with Crippen LogP contribution in [0.4, 0.5) is 0 Å². The molecule has 2 aromatic heterocycles. The molecular formula is C15H19N5OS. The number of thiazole rings is 1. The summed E-state index contributed by atoms with van der Waals surface area (Å²) in [4.78, 5) is 29.6. The summed E-state index contributed by atoms with van der Waals surface area (Å²) in [5.74, 6) is -0.0106. The Morgan fingerprint density at radius 3 is 3.05 bits per heavy atom. The van der Waals surface area contributed by atoms with E-state index >= 15 is 0 Å². The average molecular weight is 317 g/mol.